The minimum absolute atomic E-state index is 0.0639. The van der Waals surface area contributed by atoms with E-state index in [1.807, 2.05) is 25.5 Å². The summed E-state index contributed by atoms with van der Waals surface area (Å²) < 4.78 is 28.0. The Bertz CT molecular complexity index is 1590. The number of rotatable bonds is 4. The molecule has 0 N–H and O–H groups in total. The molecule has 3 aromatic heterocycles. The molecule has 2 atom stereocenters. The molecular weight excluding hydrogens is 542 g/mol. The van der Waals surface area contributed by atoms with Crippen LogP contribution in [0, 0.1) is 0 Å². The summed E-state index contributed by atoms with van der Waals surface area (Å²) >= 11 is 0. The van der Waals surface area contributed by atoms with Crippen LogP contribution in [-0.4, -0.2) is 92.7 Å². The highest BCUT2D eigenvalue weighted by atomic mass is 16.7. The van der Waals surface area contributed by atoms with Gasteiger partial charge in [-0.25, -0.2) is 4.79 Å². The van der Waals surface area contributed by atoms with E-state index in [0.717, 1.165) is 38.6 Å². The number of carbonyl (C=O) groups excluding carboxylic acids is 1. The third-order valence-electron chi connectivity index (χ3n) is 8.94. The number of hydrogen-bond acceptors (Lipinski definition) is 10. The molecular formula is C29H39N7O6. The van der Waals surface area contributed by atoms with Crippen LogP contribution in [0.2, 0.25) is 0 Å². The number of nitrogens with zero attached hydrogens (tertiary/aromatic N) is 7. The van der Waals surface area contributed by atoms with Gasteiger partial charge in [0.1, 0.15) is 17.7 Å². The fraction of sp³-hybridized carbons (Fsp3) is 0.690. The summed E-state index contributed by atoms with van der Waals surface area (Å²) in [6.07, 6.45) is 6.63. The summed E-state index contributed by atoms with van der Waals surface area (Å²) in [5, 5.41) is 5.14. The van der Waals surface area contributed by atoms with Gasteiger partial charge in [-0.2, -0.15) is 15.1 Å². The van der Waals surface area contributed by atoms with Gasteiger partial charge in [0.2, 0.25) is 0 Å². The highest BCUT2D eigenvalue weighted by Gasteiger charge is 2.48. The molecule has 42 heavy (non-hydrogen) atoms. The Hall–Kier alpha value is -3.29. The van der Waals surface area contributed by atoms with E-state index in [0.29, 0.717) is 55.0 Å². The predicted octanol–water partition coefficient (Wildman–Crippen LogP) is 3.23. The van der Waals surface area contributed by atoms with Gasteiger partial charge in [-0.1, -0.05) is 6.42 Å². The Morgan fingerprint density at radius 2 is 1.90 bits per heavy atom. The largest absolute Gasteiger partial charge is 0.462 e. The molecule has 1 saturated carbocycles. The van der Waals surface area contributed by atoms with Crippen LogP contribution in [0.5, 0.6) is 6.01 Å². The van der Waals surface area contributed by atoms with Gasteiger partial charge in [0.05, 0.1) is 55.0 Å². The Balaban J connectivity index is 1.43. The first-order chi connectivity index (χ1) is 20.2. The molecule has 1 amide bonds. The smallest absolute Gasteiger partial charge is 0.416 e. The summed E-state index contributed by atoms with van der Waals surface area (Å²) in [7, 11) is 2.07. The van der Waals surface area contributed by atoms with Crippen molar-refractivity contribution in [3.05, 3.63) is 16.6 Å². The summed E-state index contributed by atoms with van der Waals surface area (Å²) in [5.74, 6) is -0.570. The third kappa shape index (κ3) is 4.53. The SMILES string of the molecule is CN1CCC[C@H]1COc1nc2c3c(n1)c(=O)n(C1CCCCC14OCCO4)c1cnn(c31)CCN2C(=O)OC(C)(C)C. The lowest BCUT2D eigenvalue weighted by Crippen LogP contribution is -2.46. The minimum Gasteiger partial charge on any atom is -0.462 e. The highest BCUT2D eigenvalue weighted by molar-refractivity contribution is 6.11. The fourth-order valence-corrected chi connectivity index (χ4v) is 6.96. The molecule has 3 aromatic rings. The van der Waals surface area contributed by atoms with Crippen molar-refractivity contribution in [3.8, 4) is 6.01 Å². The van der Waals surface area contributed by atoms with Crippen molar-refractivity contribution < 1.29 is 23.7 Å². The van der Waals surface area contributed by atoms with Gasteiger partial charge in [-0.15, -0.1) is 0 Å². The number of amides is 1. The predicted molar refractivity (Wildman–Crippen MR) is 154 cm³/mol. The molecule has 13 nitrogen and oxygen atoms in total. The molecule has 0 radical (unpaired) electrons. The van der Waals surface area contributed by atoms with Crippen molar-refractivity contribution >= 4 is 33.8 Å². The minimum atomic E-state index is -0.865. The van der Waals surface area contributed by atoms with Crippen molar-refractivity contribution in [2.75, 3.05) is 44.9 Å². The van der Waals surface area contributed by atoms with Gasteiger partial charge in [-0.05, 0) is 60.0 Å². The standard InChI is InChI=1S/C29H39N7O6/c1-28(2,3)42-27(38)34-12-13-35-23-19(16-30-35)36(20-9-5-6-10-29(20)40-14-15-41-29)25(37)22-21(23)24(34)32-26(31-22)39-17-18-8-7-11-33(18)4/h16,18,20H,5-15,17H2,1-4H3/t18-,20?/m0/s1. The number of pyridine rings is 1. The lowest BCUT2D eigenvalue weighted by Gasteiger charge is -2.40. The number of carbonyl (C=O) groups is 1. The Kier molecular flexibility index (Phi) is 6.66. The zero-order valence-electron chi connectivity index (χ0n) is 24.8. The molecule has 6 heterocycles. The van der Waals surface area contributed by atoms with Crippen LogP contribution >= 0.6 is 0 Å². The topological polar surface area (TPSA) is 126 Å². The first-order valence-electron chi connectivity index (χ1n) is 15.1. The van der Waals surface area contributed by atoms with E-state index in [1.54, 1.807) is 10.8 Å². The molecule has 3 aliphatic heterocycles. The monoisotopic (exact) mass is 581 g/mol. The number of anilines is 1. The highest BCUT2D eigenvalue weighted by Crippen LogP contribution is 2.45. The maximum atomic E-state index is 14.6. The van der Waals surface area contributed by atoms with E-state index in [2.05, 4.69) is 17.0 Å². The first-order valence-corrected chi connectivity index (χ1v) is 15.1. The molecule has 0 aromatic carbocycles. The summed E-state index contributed by atoms with van der Waals surface area (Å²) in [6.45, 7) is 8.48. The van der Waals surface area contributed by atoms with Crippen molar-refractivity contribution in [2.24, 2.45) is 0 Å². The van der Waals surface area contributed by atoms with E-state index >= 15 is 0 Å². The van der Waals surface area contributed by atoms with E-state index in [9.17, 15) is 9.59 Å². The second-order valence-electron chi connectivity index (χ2n) is 12.8. The molecule has 13 heteroatoms. The van der Waals surface area contributed by atoms with Gasteiger partial charge >= 0.3 is 12.1 Å². The third-order valence-corrected chi connectivity index (χ3v) is 8.94. The Morgan fingerprint density at radius 1 is 1.10 bits per heavy atom. The molecule has 1 unspecified atom stereocenters. The normalized spacial score (nSPS) is 24.2. The molecule has 7 rings (SSSR count). The second-order valence-corrected chi connectivity index (χ2v) is 12.8. The fourth-order valence-electron chi connectivity index (χ4n) is 6.96. The number of likely N-dealkylation sites (tertiary alicyclic amines) is 1. The van der Waals surface area contributed by atoms with Gasteiger partial charge in [0.25, 0.3) is 5.56 Å². The van der Waals surface area contributed by atoms with Gasteiger partial charge in [0, 0.05) is 12.5 Å². The summed E-state index contributed by atoms with van der Waals surface area (Å²) in [6, 6.07) is -0.0535. The Labute approximate surface area is 243 Å². The van der Waals surface area contributed by atoms with E-state index in [4.69, 9.17) is 28.9 Å². The first kappa shape index (κ1) is 27.5. The zero-order chi connectivity index (χ0) is 29.2. The lowest BCUT2D eigenvalue weighted by molar-refractivity contribution is -0.205. The molecule has 1 aliphatic carbocycles. The van der Waals surface area contributed by atoms with Crippen LogP contribution < -0.4 is 15.2 Å². The Morgan fingerprint density at radius 3 is 2.64 bits per heavy atom. The average molecular weight is 582 g/mol. The maximum Gasteiger partial charge on any atom is 0.416 e. The number of hydrogen-bond donors (Lipinski definition) is 0. The maximum absolute atomic E-state index is 14.6. The van der Waals surface area contributed by atoms with E-state index < -0.39 is 17.5 Å². The molecule has 2 saturated heterocycles. The molecule has 4 aliphatic rings. The number of likely N-dealkylation sites (N-methyl/N-ethyl adjacent to an activating group) is 1. The average Bonchev–Trinajstić information content (AvgIpc) is 3.66. The van der Waals surface area contributed by atoms with Crippen LogP contribution in [0.3, 0.4) is 0 Å². The molecule has 0 bridgehead atoms. The van der Waals surface area contributed by atoms with E-state index in [-0.39, 0.29) is 35.7 Å². The molecule has 226 valence electrons. The van der Waals surface area contributed by atoms with Crippen LogP contribution in [0.1, 0.15) is 65.3 Å². The number of ether oxygens (including phenoxy) is 4. The van der Waals surface area contributed by atoms with Crippen LogP contribution in [0.15, 0.2) is 11.0 Å². The van der Waals surface area contributed by atoms with Crippen molar-refractivity contribution in [3.63, 3.8) is 0 Å². The quantitative estimate of drug-likeness (QED) is 0.453. The van der Waals surface area contributed by atoms with Gasteiger partial charge < -0.3 is 23.8 Å². The van der Waals surface area contributed by atoms with E-state index in [1.165, 1.54) is 4.90 Å². The van der Waals surface area contributed by atoms with Crippen LogP contribution in [0.4, 0.5) is 10.6 Å². The summed E-state index contributed by atoms with van der Waals surface area (Å²) in [5.41, 5.74) is 0.504. The zero-order valence-corrected chi connectivity index (χ0v) is 24.8. The van der Waals surface area contributed by atoms with Gasteiger partial charge in [-0.3, -0.25) is 18.9 Å². The van der Waals surface area contributed by atoms with Crippen molar-refractivity contribution in [1.29, 1.82) is 0 Å². The van der Waals surface area contributed by atoms with Gasteiger partial charge in [0.15, 0.2) is 11.6 Å². The number of aromatic nitrogens is 5. The second kappa shape index (κ2) is 10.2. The van der Waals surface area contributed by atoms with Crippen molar-refractivity contribution in [2.45, 2.75) is 89.3 Å². The molecule has 1 spiro atoms. The molecule has 3 fully saturated rings. The van der Waals surface area contributed by atoms with Crippen LogP contribution in [-0.2, 0) is 20.8 Å². The summed E-state index contributed by atoms with van der Waals surface area (Å²) in [4.78, 5) is 41.3. The lowest BCUT2D eigenvalue weighted by atomic mass is 9.88. The van der Waals surface area contributed by atoms with Crippen LogP contribution in [0.25, 0.3) is 21.9 Å². The van der Waals surface area contributed by atoms with Crippen molar-refractivity contribution in [1.82, 2.24) is 29.2 Å².